The number of nitrogens with one attached hydrogen (secondary N) is 1. The van der Waals surface area contributed by atoms with Gasteiger partial charge in [-0.05, 0) is 38.3 Å². The summed E-state index contributed by atoms with van der Waals surface area (Å²) in [6.45, 7) is 2.63. The van der Waals surface area contributed by atoms with Gasteiger partial charge in [0.15, 0.2) is 0 Å². The Labute approximate surface area is 105 Å². The van der Waals surface area contributed by atoms with Gasteiger partial charge in [0.2, 0.25) is 0 Å². The van der Waals surface area contributed by atoms with E-state index in [9.17, 15) is 8.78 Å². The molecule has 1 aliphatic heterocycles. The second-order valence-electron chi connectivity index (χ2n) is 4.74. The SMILES string of the molecule is CC1CCCCN1c1c(F)cc(C(=N)N)cc1F. The van der Waals surface area contributed by atoms with Crippen molar-refractivity contribution in [1.82, 2.24) is 0 Å². The monoisotopic (exact) mass is 253 g/mol. The highest BCUT2D eigenvalue weighted by Crippen LogP contribution is 2.30. The number of hydrogen-bond acceptors (Lipinski definition) is 2. The third-order valence-electron chi connectivity index (χ3n) is 3.42. The standard InChI is InChI=1S/C13H17F2N3/c1-8-4-2-3-5-18(8)12-10(14)6-9(13(16)17)7-11(12)15/h6-8H,2-5H2,1H3,(H3,16,17). The molecule has 1 heterocycles. The summed E-state index contributed by atoms with van der Waals surface area (Å²) in [5, 5.41) is 7.21. The number of anilines is 1. The summed E-state index contributed by atoms with van der Waals surface area (Å²) in [7, 11) is 0. The molecule has 0 bridgehead atoms. The Morgan fingerprint density at radius 1 is 1.33 bits per heavy atom. The van der Waals surface area contributed by atoms with Gasteiger partial charge in [0.25, 0.3) is 0 Å². The van der Waals surface area contributed by atoms with Crippen LogP contribution in [-0.4, -0.2) is 18.4 Å². The van der Waals surface area contributed by atoms with Crippen LogP contribution < -0.4 is 10.6 Å². The average Bonchev–Trinajstić information content (AvgIpc) is 2.30. The number of halogens is 2. The largest absolute Gasteiger partial charge is 0.384 e. The van der Waals surface area contributed by atoms with Gasteiger partial charge in [0, 0.05) is 18.2 Å². The van der Waals surface area contributed by atoms with Crippen LogP contribution in [0.4, 0.5) is 14.5 Å². The van der Waals surface area contributed by atoms with E-state index in [2.05, 4.69) is 0 Å². The zero-order valence-corrected chi connectivity index (χ0v) is 10.3. The molecule has 3 nitrogen and oxygen atoms in total. The topological polar surface area (TPSA) is 53.1 Å². The van der Waals surface area contributed by atoms with Crippen molar-refractivity contribution < 1.29 is 8.78 Å². The second kappa shape index (κ2) is 4.92. The predicted molar refractivity (Wildman–Crippen MR) is 68.0 cm³/mol. The Bertz CT molecular complexity index is 450. The molecule has 0 aliphatic carbocycles. The molecule has 0 radical (unpaired) electrons. The van der Waals surface area contributed by atoms with E-state index in [4.69, 9.17) is 11.1 Å². The summed E-state index contributed by atoms with van der Waals surface area (Å²) < 4.78 is 28.0. The first-order chi connectivity index (χ1) is 8.50. The lowest BCUT2D eigenvalue weighted by atomic mass is 10.0. The molecule has 3 N–H and O–H groups in total. The van der Waals surface area contributed by atoms with Crippen LogP contribution >= 0.6 is 0 Å². The molecule has 0 saturated carbocycles. The maximum Gasteiger partial charge on any atom is 0.150 e. The lowest BCUT2D eigenvalue weighted by molar-refractivity contribution is 0.464. The molecule has 1 saturated heterocycles. The second-order valence-corrected chi connectivity index (χ2v) is 4.74. The lowest BCUT2D eigenvalue weighted by Crippen LogP contribution is -2.38. The number of hydrogen-bond donors (Lipinski definition) is 2. The van der Waals surface area contributed by atoms with Gasteiger partial charge in [-0.25, -0.2) is 8.78 Å². The highest BCUT2D eigenvalue weighted by Gasteiger charge is 2.25. The van der Waals surface area contributed by atoms with E-state index in [0.717, 1.165) is 31.4 Å². The van der Waals surface area contributed by atoms with E-state index in [1.807, 2.05) is 6.92 Å². The van der Waals surface area contributed by atoms with Crippen LogP contribution in [0.15, 0.2) is 12.1 Å². The molecule has 1 fully saturated rings. The summed E-state index contributed by atoms with van der Waals surface area (Å²) in [6, 6.07) is 2.38. The minimum atomic E-state index is -0.644. The summed E-state index contributed by atoms with van der Waals surface area (Å²) in [6.07, 6.45) is 2.97. The van der Waals surface area contributed by atoms with Crippen LogP contribution in [0.1, 0.15) is 31.7 Å². The number of rotatable bonds is 2. The van der Waals surface area contributed by atoms with Crippen molar-refractivity contribution in [2.45, 2.75) is 32.2 Å². The van der Waals surface area contributed by atoms with Crippen molar-refractivity contribution in [1.29, 1.82) is 5.41 Å². The Morgan fingerprint density at radius 3 is 2.44 bits per heavy atom. The van der Waals surface area contributed by atoms with E-state index in [1.54, 1.807) is 4.90 Å². The highest BCUT2D eigenvalue weighted by atomic mass is 19.1. The molecule has 2 rings (SSSR count). The zero-order valence-electron chi connectivity index (χ0n) is 10.3. The molecular weight excluding hydrogens is 236 g/mol. The number of piperidine rings is 1. The van der Waals surface area contributed by atoms with Gasteiger partial charge in [-0.1, -0.05) is 0 Å². The van der Waals surface area contributed by atoms with Crippen molar-refractivity contribution in [2.75, 3.05) is 11.4 Å². The predicted octanol–water partition coefficient (Wildman–Crippen LogP) is 2.63. The van der Waals surface area contributed by atoms with Crippen molar-refractivity contribution in [2.24, 2.45) is 5.73 Å². The Balaban J connectivity index is 2.41. The Hall–Kier alpha value is -1.65. The van der Waals surface area contributed by atoms with Crippen molar-refractivity contribution in [3.63, 3.8) is 0 Å². The quantitative estimate of drug-likeness (QED) is 0.629. The van der Waals surface area contributed by atoms with E-state index in [0.29, 0.717) is 6.54 Å². The molecule has 0 spiro atoms. The Morgan fingerprint density at radius 2 is 1.94 bits per heavy atom. The number of nitrogens with two attached hydrogens (primary N) is 1. The first-order valence-electron chi connectivity index (χ1n) is 6.10. The fourth-order valence-corrected chi connectivity index (χ4v) is 2.43. The van der Waals surface area contributed by atoms with Crippen LogP contribution in [0, 0.1) is 17.0 Å². The maximum absolute atomic E-state index is 14.0. The average molecular weight is 253 g/mol. The maximum atomic E-state index is 14.0. The molecular formula is C13H17F2N3. The third-order valence-corrected chi connectivity index (χ3v) is 3.42. The highest BCUT2D eigenvalue weighted by molar-refractivity contribution is 5.95. The smallest absolute Gasteiger partial charge is 0.150 e. The van der Waals surface area contributed by atoms with Gasteiger partial charge < -0.3 is 10.6 Å². The van der Waals surface area contributed by atoms with E-state index in [1.165, 1.54) is 0 Å². The van der Waals surface area contributed by atoms with Gasteiger partial charge in [-0.15, -0.1) is 0 Å². The molecule has 18 heavy (non-hydrogen) atoms. The molecule has 0 aromatic heterocycles. The van der Waals surface area contributed by atoms with Crippen molar-refractivity contribution >= 4 is 11.5 Å². The molecule has 1 aromatic rings. The van der Waals surface area contributed by atoms with Crippen LogP contribution in [-0.2, 0) is 0 Å². The number of benzene rings is 1. The number of amidine groups is 1. The molecule has 1 aliphatic rings. The molecule has 1 unspecified atom stereocenters. The van der Waals surface area contributed by atoms with Crippen molar-refractivity contribution in [3.8, 4) is 0 Å². The lowest BCUT2D eigenvalue weighted by Gasteiger charge is -2.35. The summed E-state index contributed by atoms with van der Waals surface area (Å²) in [5.74, 6) is -1.62. The summed E-state index contributed by atoms with van der Waals surface area (Å²) in [5.41, 5.74) is 5.33. The van der Waals surface area contributed by atoms with Crippen LogP contribution in [0.25, 0.3) is 0 Å². The third kappa shape index (κ3) is 2.30. The van der Waals surface area contributed by atoms with Crippen molar-refractivity contribution in [3.05, 3.63) is 29.3 Å². The minimum absolute atomic E-state index is 0.00667. The summed E-state index contributed by atoms with van der Waals surface area (Å²) in [4.78, 5) is 1.76. The van der Waals surface area contributed by atoms with Gasteiger partial charge in [0.1, 0.15) is 23.2 Å². The first-order valence-corrected chi connectivity index (χ1v) is 6.10. The molecule has 1 atom stereocenters. The van der Waals surface area contributed by atoms with E-state index < -0.39 is 11.6 Å². The van der Waals surface area contributed by atoms with Crippen LogP contribution in [0.3, 0.4) is 0 Å². The molecule has 0 amide bonds. The van der Waals surface area contributed by atoms with Crippen LogP contribution in [0.5, 0.6) is 0 Å². The van der Waals surface area contributed by atoms with Crippen LogP contribution in [0.2, 0.25) is 0 Å². The number of nitrogen functional groups attached to an aromatic ring is 1. The van der Waals surface area contributed by atoms with Gasteiger partial charge in [-0.3, -0.25) is 5.41 Å². The van der Waals surface area contributed by atoms with Gasteiger partial charge in [0.05, 0.1) is 0 Å². The van der Waals surface area contributed by atoms with Gasteiger partial charge >= 0.3 is 0 Å². The fraction of sp³-hybridized carbons (Fsp3) is 0.462. The zero-order chi connectivity index (χ0) is 13.3. The fourth-order valence-electron chi connectivity index (χ4n) is 2.43. The van der Waals surface area contributed by atoms with Gasteiger partial charge in [-0.2, -0.15) is 0 Å². The normalized spacial score (nSPS) is 19.9. The molecule has 98 valence electrons. The first kappa shape index (κ1) is 12.8. The number of nitrogens with zero attached hydrogens (tertiary/aromatic N) is 1. The molecule has 5 heteroatoms. The van der Waals surface area contributed by atoms with E-state index in [-0.39, 0.29) is 23.1 Å². The summed E-state index contributed by atoms with van der Waals surface area (Å²) >= 11 is 0. The van der Waals surface area contributed by atoms with E-state index >= 15 is 0 Å². The minimum Gasteiger partial charge on any atom is -0.384 e. The molecule has 1 aromatic carbocycles. The Kier molecular flexibility index (Phi) is 3.50.